The molecule has 0 unspecified atom stereocenters. The van der Waals surface area contributed by atoms with Crippen molar-refractivity contribution in [1.82, 2.24) is 0 Å². The summed E-state index contributed by atoms with van der Waals surface area (Å²) >= 11 is 0. The second-order valence-corrected chi connectivity index (χ2v) is 6.54. The number of azide groups is 1. The van der Waals surface area contributed by atoms with Gasteiger partial charge >= 0.3 is 23.9 Å². The van der Waals surface area contributed by atoms with Gasteiger partial charge in [0.1, 0.15) is 12.7 Å². The van der Waals surface area contributed by atoms with E-state index in [2.05, 4.69) is 10.0 Å². The van der Waals surface area contributed by atoms with Crippen LogP contribution in [-0.4, -0.2) is 72.3 Å². The van der Waals surface area contributed by atoms with Gasteiger partial charge in [-0.15, -0.1) is 0 Å². The summed E-state index contributed by atoms with van der Waals surface area (Å²) in [5.41, 5.74) is 8.40. The van der Waals surface area contributed by atoms with Crippen LogP contribution in [-0.2, 0) is 42.9 Å². The zero-order valence-electron chi connectivity index (χ0n) is 17.1. The summed E-state index contributed by atoms with van der Waals surface area (Å²) in [6.07, 6.45) is -5.74. The minimum absolute atomic E-state index is 0.00478. The number of nitrogens with zero attached hydrogens (tertiary/aromatic N) is 3. The van der Waals surface area contributed by atoms with Gasteiger partial charge < -0.3 is 28.8 Å². The van der Waals surface area contributed by atoms with Gasteiger partial charge in [0.15, 0.2) is 18.3 Å². The van der Waals surface area contributed by atoms with Gasteiger partial charge in [-0.05, 0) is 12.0 Å². The van der Waals surface area contributed by atoms with Gasteiger partial charge in [-0.25, -0.2) is 0 Å². The maximum Gasteiger partial charge on any atom is 0.303 e. The van der Waals surface area contributed by atoms with Crippen molar-refractivity contribution in [3.8, 4) is 0 Å². The SMILES string of the molecule is CC(=O)OC[C@H]1O[C@@](O)(CCCN=[N+]=[N-])[C@@H](OC(C)=O)[C@@H](OC(C)=O)[C@@H]1OC(C)=O. The molecule has 1 rings (SSSR count). The first-order valence-electron chi connectivity index (χ1n) is 9.06. The predicted molar refractivity (Wildman–Crippen MR) is 96.4 cm³/mol. The van der Waals surface area contributed by atoms with Gasteiger partial charge in [0.25, 0.3) is 0 Å². The van der Waals surface area contributed by atoms with E-state index in [1.54, 1.807) is 0 Å². The smallest absolute Gasteiger partial charge is 0.303 e. The van der Waals surface area contributed by atoms with Gasteiger partial charge in [0.05, 0.1) is 0 Å². The molecule has 0 radical (unpaired) electrons. The Labute approximate surface area is 172 Å². The fraction of sp³-hybridized carbons (Fsp3) is 0.765. The van der Waals surface area contributed by atoms with Crippen LogP contribution in [0, 0.1) is 0 Å². The quantitative estimate of drug-likeness (QED) is 0.135. The number of hydrogen-bond donors (Lipinski definition) is 1. The maximum absolute atomic E-state index is 11.7. The lowest BCUT2D eigenvalue weighted by atomic mass is 9.89. The largest absolute Gasteiger partial charge is 0.463 e. The van der Waals surface area contributed by atoms with E-state index in [-0.39, 0.29) is 19.4 Å². The highest BCUT2D eigenvalue weighted by molar-refractivity contribution is 5.68. The number of ether oxygens (including phenoxy) is 5. The molecule has 0 aromatic heterocycles. The van der Waals surface area contributed by atoms with Crippen LogP contribution in [0.3, 0.4) is 0 Å². The first-order valence-corrected chi connectivity index (χ1v) is 9.06. The molecule has 0 saturated carbocycles. The molecule has 1 fully saturated rings. The van der Waals surface area contributed by atoms with Crippen LogP contribution >= 0.6 is 0 Å². The molecule has 1 N–H and O–H groups in total. The Balaban J connectivity index is 3.37. The summed E-state index contributed by atoms with van der Waals surface area (Å²) in [6.45, 7) is 3.92. The number of carbonyl (C=O) groups is 4. The Hall–Kier alpha value is -2.89. The van der Waals surface area contributed by atoms with E-state index in [0.29, 0.717) is 0 Å². The summed E-state index contributed by atoms with van der Waals surface area (Å²) in [4.78, 5) is 48.8. The van der Waals surface area contributed by atoms with Crippen LogP contribution in [0.4, 0.5) is 0 Å². The van der Waals surface area contributed by atoms with Crippen molar-refractivity contribution in [1.29, 1.82) is 0 Å². The van der Waals surface area contributed by atoms with Crippen LogP contribution in [0.2, 0.25) is 0 Å². The lowest BCUT2D eigenvalue weighted by Gasteiger charge is -2.48. The van der Waals surface area contributed by atoms with E-state index in [4.69, 9.17) is 29.2 Å². The Bertz CT molecular complexity index is 708. The highest BCUT2D eigenvalue weighted by Gasteiger charge is 2.59. The molecule has 1 saturated heterocycles. The predicted octanol–water partition coefficient (Wildman–Crippen LogP) is 0.522. The molecule has 168 valence electrons. The van der Waals surface area contributed by atoms with E-state index >= 15 is 0 Å². The molecule has 0 amide bonds. The summed E-state index contributed by atoms with van der Waals surface area (Å²) in [7, 11) is 0. The molecule has 1 heterocycles. The van der Waals surface area contributed by atoms with E-state index in [0.717, 1.165) is 27.7 Å². The second kappa shape index (κ2) is 11.3. The Morgan fingerprint density at radius 2 is 1.57 bits per heavy atom. The lowest BCUT2D eigenvalue weighted by Crippen LogP contribution is -2.68. The first-order chi connectivity index (χ1) is 14.0. The average molecular weight is 431 g/mol. The van der Waals surface area contributed by atoms with Crippen molar-refractivity contribution in [2.45, 2.75) is 70.7 Å². The number of rotatable bonds is 9. The molecule has 5 atom stereocenters. The minimum Gasteiger partial charge on any atom is -0.463 e. The molecule has 13 heteroatoms. The molecule has 1 aliphatic rings. The third-order valence-corrected chi connectivity index (χ3v) is 3.99. The van der Waals surface area contributed by atoms with Crippen LogP contribution < -0.4 is 0 Å². The van der Waals surface area contributed by atoms with E-state index in [9.17, 15) is 24.3 Å². The zero-order chi connectivity index (χ0) is 22.9. The van der Waals surface area contributed by atoms with Crippen molar-refractivity contribution in [3.05, 3.63) is 10.4 Å². The number of hydrogen-bond acceptors (Lipinski definition) is 11. The normalized spacial score (nSPS) is 27.9. The Morgan fingerprint density at radius 1 is 1.00 bits per heavy atom. The summed E-state index contributed by atoms with van der Waals surface area (Å²) in [5, 5.41) is 14.5. The molecular formula is C17H25N3O10. The van der Waals surface area contributed by atoms with E-state index in [1.807, 2.05) is 0 Å². The third-order valence-electron chi connectivity index (χ3n) is 3.99. The molecule has 0 spiro atoms. The summed E-state index contributed by atoms with van der Waals surface area (Å²) in [5.74, 6) is -5.30. The molecular weight excluding hydrogens is 406 g/mol. The average Bonchev–Trinajstić information content (AvgIpc) is 2.62. The molecule has 0 bridgehead atoms. The molecule has 13 nitrogen and oxygen atoms in total. The second-order valence-electron chi connectivity index (χ2n) is 6.54. The Kier molecular flexibility index (Phi) is 9.50. The first kappa shape index (κ1) is 25.1. The topological polar surface area (TPSA) is 183 Å². The Morgan fingerprint density at radius 3 is 2.07 bits per heavy atom. The van der Waals surface area contributed by atoms with Gasteiger partial charge in [-0.2, -0.15) is 0 Å². The lowest BCUT2D eigenvalue weighted by molar-refractivity contribution is -0.353. The molecule has 0 aromatic carbocycles. The standard InChI is InChI=1S/C17H25N3O10/c1-9(21)26-8-13-14(27-10(2)22)15(28-11(3)23)16(29-12(4)24)17(25,30-13)6-5-7-19-20-18/h13-16,25H,5-8H2,1-4H3/t13-,14-,15+,16+,17+/m1/s1. The van der Waals surface area contributed by atoms with E-state index < -0.39 is 60.7 Å². The highest BCUT2D eigenvalue weighted by Crippen LogP contribution is 2.37. The minimum atomic E-state index is -2.22. The van der Waals surface area contributed by atoms with Gasteiger partial charge in [0, 0.05) is 45.6 Å². The van der Waals surface area contributed by atoms with Crippen molar-refractivity contribution in [2.24, 2.45) is 5.11 Å². The van der Waals surface area contributed by atoms with Gasteiger partial charge in [0.2, 0.25) is 5.79 Å². The van der Waals surface area contributed by atoms with Crippen LogP contribution in [0.15, 0.2) is 5.11 Å². The van der Waals surface area contributed by atoms with Crippen molar-refractivity contribution in [3.63, 3.8) is 0 Å². The summed E-state index contributed by atoms with van der Waals surface area (Å²) in [6, 6.07) is 0. The number of esters is 4. The van der Waals surface area contributed by atoms with Crippen molar-refractivity contribution in [2.75, 3.05) is 13.2 Å². The monoisotopic (exact) mass is 431 g/mol. The molecule has 1 aliphatic heterocycles. The number of carbonyl (C=O) groups excluding carboxylic acids is 4. The van der Waals surface area contributed by atoms with Crippen molar-refractivity contribution < 1.29 is 48.0 Å². The number of aliphatic hydroxyl groups is 1. The highest BCUT2D eigenvalue weighted by atomic mass is 16.7. The molecule has 30 heavy (non-hydrogen) atoms. The fourth-order valence-corrected chi connectivity index (χ4v) is 3.01. The van der Waals surface area contributed by atoms with Crippen LogP contribution in [0.5, 0.6) is 0 Å². The van der Waals surface area contributed by atoms with Gasteiger partial charge in [-0.1, -0.05) is 5.11 Å². The van der Waals surface area contributed by atoms with Crippen LogP contribution in [0.1, 0.15) is 40.5 Å². The fourth-order valence-electron chi connectivity index (χ4n) is 3.01. The van der Waals surface area contributed by atoms with E-state index in [1.165, 1.54) is 0 Å². The molecule has 0 aliphatic carbocycles. The van der Waals surface area contributed by atoms with Crippen LogP contribution in [0.25, 0.3) is 10.4 Å². The van der Waals surface area contributed by atoms with Crippen molar-refractivity contribution >= 4 is 23.9 Å². The molecule has 0 aromatic rings. The summed E-state index contributed by atoms with van der Waals surface area (Å²) < 4.78 is 26.1. The maximum atomic E-state index is 11.7. The van der Waals surface area contributed by atoms with Gasteiger partial charge in [-0.3, -0.25) is 19.2 Å². The third kappa shape index (κ3) is 7.50. The zero-order valence-corrected chi connectivity index (χ0v) is 17.1.